The Kier molecular flexibility index (Phi) is 7.71. The SMILES string of the molecule is Cc1ccc(S(=O)(=O)N2CCN(C(=O)CN(c3cc(C)ccc3C)S(=O)(=O)N(C)C)CC2)cc1. The Morgan fingerprint density at radius 3 is 1.97 bits per heavy atom. The summed E-state index contributed by atoms with van der Waals surface area (Å²) in [5.74, 6) is -0.376. The van der Waals surface area contributed by atoms with E-state index < -0.39 is 20.2 Å². The van der Waals surface area contributed by atoms with Crippen molar-refractivity contribution in [3.63, 3.8) is 0 Å². The van der Waals surface area contributed by atoms with Gasteiger partial charge >= 0.3 is 10.2 Å². The van der Waals surface area contributed by atoms with Gasteiger partial charge in [0.2, 0.25) is 15.9 Å². The summed E-state index contributed by atoms with van der Waals surface area (Å²) in [6.07, 6.45) is 0. The van der Waals surface area contributed by atoms with E-state index in [1.807, 2.05) is 26.0 Å². The van der Waals surface area contributed by atoms with Crippen LogP contribution in [0.25, 0.3) is 0 Å². The predicted octanol–water partition coefficient (Wildman–Crippen LogP) is 1.76. The van der Waals surface area contributed by atoms with Gasteiger partial charge in [-0.3, -0.25) is 4.79 Å². The average molecular weight is 509 g/mol. The van der Waals surface area contributed by atoms with Crippen LogP contribution in [0.5, 0.6) is 0 Å². The lowest BCUT2D eigenvalue weighted by molar-refractivity contribution is -0.130. The number of rotatable bonds is 7. The van der Waals surface area contributed by atoms with Gasteiger partial charge in [0.1, 0.15) is 6.54 Å². The molecule has 0 aromatic heterocycles. The third-order valence-corrected chi connectivity index (χ3v) is 9.62. The zero-order chi connectivity index (χ0) is 25.3. The van der Waals surface area contributed by atoms with Crippen LogP contribution in [0.3, 0.4) is 0 Å². The molecule has 34 heavy (non-hydrogen) atoms. The molecule has 1 fully saturated rings. The minimum Gasteiger partial charge on any atom is -0.338 e. The molecule has 1 heterocycles. The molecule has 2 aromatic carbocycles. The number of carbonyl (C=O) groups is 1. The summed E-state index contributed by atoms with van der Waals surface area (Å²) in [5.41, 5.74) is 3.03. The molecule has 3 rings (SSSR count). The van der Waals surface area contributed by atoms with E-state index in [4.69, 9.17) is 0 Å². The number of sulfonamides is 1. The quantitative estimate of drug-likeness (QED) is 0.568. The van der Waals surface area contributed by atoms with E-state index >= 15 is 0 Å². The molecule has 0 N–H and O–H groups in total. The van der Waals surface area contributed by atoms with Gasteiger partial charge < -0.3 is 4.90 Å². The Morgan fingerprint density at radius 1 is 0.853 bits per heavy atom. The Morgan fingerprint density at radius 2 is 1.41 bits per heavy atom. The third kappa shape index (κ3) is 5.43. The molecule has 1 aliphatic rings. The molecule has 2 aromatic rings. The second-order valence-electron chi connectivity index (χ2n) is 8.68. The summed E-state index contributed by atoms with van der Waals surface area (Å²) in [4.78, 5) is 14.9. The number of aryl methyl sites for hydroxylation is 3. The number of amides is 1. The van der Waals surface area contributed by atoms with Crippen molar-refractivity contribution in [3.05, 3.63) is 59.2 Å². The van der Waals surface area contributed by atoms with E-state index in [0.717, 1.165) is 25.3 Å². The first-order valence-corrected chi connectivity index (χ1v) is 13.8. The fourth-order valence-electron chi connectivity index (χ4n) is 3.74. The number of nitrogens with zero attached hydrogens (tertiary/aromatic N) is 4. The minimum atomic E-state index is -3.93. The molecular weight excluding hydrogens is 476 g/mol. The highest BCUT2D eigenvalue weighted by molar-refractivity contribution is 7.90. The zero-order valence-electron chi connectivity index (χ0n) is 20.2. The van der Waals surface area contributed by atoms with Crippen LogP contribution in [-0.4, -0.2) is 83.1 Å². The summed E-state index contributed by atoms with van der Waals surface area (Å²) >= 11 is 0. The molecule has 11 heteroatoms. The van der Waals surface area contributed by atoms with Crippen molar-refractivity contribution in [2.45, 2.75) is 25.7 Å². The van der Waals surface area contributed by atoms with Crippen LogP contribution in [0.1, 0.15) is 16.7 Å². The van der Waals surface area contributed by atoms with E-state index in [-0.39, 0.29) is 43.5 Å². The van der Waals surface area contributed by atoms with Crippen LogP contribution in [0.15, 0.2) is 47.4 Å². The van der Waals surface area contributed by atoms with E-state index in [0.29, 0.717) is 5.69 Å². The summed E-state index contributed by atoms with van der Waals surface area (Å²) in [7, 11) is -4.74. The highest BCUT2D eigenvalue weighted by Crippen LogP contribution is 2.26. The lowest BCUT2D eigenvalue weighted by Gasteiger charge is -2.36. The molecule has 186 valence electrons. The molecule has 0 atom stereocenters. The molecule has 0 bridgehead atoms. The zero-order valence-corrected chi connectivity index (χ0v) is 21.9. The van der Waals surface area contributed by atoms with Crippen molar-refractivity contribution in [1.82, 2.24) is 13.5 Å². The maximum Gasteiger partial charge on any atom is 0.304 e. The van der Waals surface area contributed by atoms with Crippen LogP contribution in [0.4, 0.5) is 5.69 Å². The molecule has 0 saturated carbocycles. The molecule has 1 aliphatic heterocycles. The Balaban J connectivity index is 1.76. The number of piperazine rings is 1. The van der Waals surface area contributed by atoms with Gasteiger partial charge in [-0.15, -0.1) is 0 Å². The smallest absolute Gasteiger partial charge is 0.304 e. The first kappa shape index (κ1) is 26.1. The molecule has 0 aliphatic carbocycles. The lowest BCUT2D eigenvalue weighted by Crippen LogP contribution is -2.54. The number of carbonyl (C=O) groups excluding carboxylic acids is 1. The average Bonchev–Trinajstić information content (AvgIpc) is 2.79. The van der Waals surface area contributed by atoms with Crippen LogP contribution in [-0.2, 0) is 25.0 Å². The Labute approximate surface area is 202 Å². The highest BCUT2D eigenvalue weighted by Gasteiger charge is 2.33. The number of benzene rings is 2. The standard InChI is InChI=1S/C23H32N4O5S2/c1-18-7-10-21(11-8-18)33(29,30)26-14-12-25(13-15-26)23(28)17-27(34(31,32)24(4)5)22-16-19(2)6-9-20(22)3/h6-11,16H,12-15,17H2,1-5H3. The lowest BCUT2D eigenvalue weighted by atomic mass is 10.1. The molecule has 1 amide bonds. The molecule has 9 nitrogen and oxygen atoms in total. The van der Waals surface area contributed by atoms with Crippen molar-refractivity contribution >= 4 is 31.8 Å². The topological polar surface area (TPSA) is 98.3 Å². The summed E-state index contributed by atoms with van der Waals surface area (Å²) in [6.45, 7) is 5.84. The molecule has 0 radical (unpaired) electrons. The van der Waals surface area contributed by atoms with Crippen molar-refractivity contribution in [2.24, 2.45) is 0 Å². The molecule has 1 saturated heterocycles. The maximum atomic E-state index is 13.1. The molecular formula is C23H32N4O5S2. The van der Waals surface area contributed by atoms with E-state index in [1.54, 1.807) is 37.3 Å². The predicted molar refractivity (Wildman–Crippen MR) is 132 cm³/mol. The number of anilines is 1. The van der Waals surface area contributed by atoms with Gasteiger partial charge in [-0.2, -0.15) is 17.0 Å². The van der Waals surface area contributed by atoms with Gasteiger partial charge in [-0.1, -0.05) is 29.8 Å². The van der Waals surface area contributed by atoms with Crippen LogP contribution < -0.4 is 4.31 Å². The molecule has 0 unspecified atom stereocenters. The van der Waals surface area contributed by atoms with Crippen molar-refractivity contribution in [2.75, 3.05) is 51.1 Å². The van der Waals surface area contributed by atoms with Crippen molar-refractivity contribution < 1.29 is 21.6 Å². The second-order valence-corrected chi connectivity index (χ2v) is 12.7. The Bertz CT molecular complexity index is 1250. The van der Waals surface area contributed by atoms with Crippen molar-refractivity contribution in [3.8, 4) is 0 Å². The van der Waals surface area contributed by atoms with Gasteiger partial charge in [-0.25, -0.2) is 12.7 Å². The highest BCUT2D eigenvalue weighted by atomic mass is 32.2. The fourth-order valence-corrected chi connectivity index (χ4v) is 6.27. The van der Waals surface area contributed by atoms with E-state index in [1.165, 1.54) is 23.3 Å². The minimum absolute atomic E-state index is 0.145. The molecule has 0 spiro atoms. The summed E-state index contributed by atoms with van der Waals surface area (Å²) in [5, 5.41) is 0. The first-order chi connectivity index (χ1) is 15.8. The normalized spacial score (nSPS) is 15.5. The Hall–Kier alpha value is -2.47. The van der Waals surface area contributed by atoms with Crippen LogP contribution >= 0.6 is 0 Å². The second kappa shape index (κ2) is 10.0. The van der Waals surface area contributed by atoms with Gasteiger partial charge in [0.05, 0.1) is 10.6 Å². The fraction of sp³-hybridized carbons (Fsp3) is 0.435. The van der Waals surface area contributed by atoms with Gasteiger partial charge in [-0.05, 0) is 50.1 Å². The van der Waals surface area contributed by atoms with E-state index in [9.17, 15) is 21.6 Å². The van der Waals surface area contributed by atoms with Crippen LogP contribution in [0, 0.1) is 20.8 Å². The maximum absolute atomic E-state index is 13.1. The van der Waals surface area contributed by atoms with Gasteiger partial charge in [0.25, 0.3) is 0 Å². The first-order valence-electron chi connectivity index (χ1n) is 11.0. The number of hydrogen-bond acceptors (Lipinski definition) is 5. The van der Waals surface area contributed by atoms with Gasteiger partial charge in [0.15, 0.2) is 0 Å². The monoisotopic (exact) mass is 508 g/mol. The summed E-state index contributed by atoms with van der Waals surface area (Å²) in [6, 6.07) is 12.1. The van der Waals surface area contributed by atoms with Crippen molar-refractivity contribution in [1.29, 1.82) is 0 Å². The van der Waals surface area contributed by atoms with Crippen LogP contribution in [0.2, 0.25) is 0 Å². The number of hydrogen-bond donors (Lipinski definition) is 0. The summed E-state index contributed by atoms with van der Waals surface area (Å²) < 4.78 is 55.6. The third-order valence-electron chi connectivity index (χ3n) is 5.90. The largest absolute Gasteiger partial charge is 0.338 e. The van der Waals surface area contributed by atoms with Gasteiger partial charge in [0, 0.05) is 40.3 Å². The van der Waals surface area contributed by atoms with E-state index in [2.05, 4.69) is 0 Å².